The highest BCUT2D eigenvalue weighted by atomic mass is 32.2. The predicted octanol–water partition coefficient (Wildman–Crippen LogP) is 3.06. The van der Waals surface area contributed by atoms with Gasteiger partial charge in [-0.25, -0.2) is 8.42 Å². The largest absolute Gasteiger partial charge is 0.260 e. The molecule has 0 radical (unpaired) electrons. The van der Waals surface area contributed by atoms with Crippen LogP contribution in [0.1, 0.15) is 35.7 Å². The molecule has 5 heteroatoms. The second kappa shape index (κ2) is 6.18. The van der Waals surface area contributed by atoms with E-state index in [0.29, 0.717) is 6.54 Å². The molecule has 116 valence electrons. The topological polar surface area (TPSA) is 50.3 Å². The molecular formula is C17H20N2O2S. The molecule has 1 aliphatic rings. The molecule has 1 aliphatic heterocycles. The van der Waals surface area contributed by atoms with Crippen LogP contribution in [-0.4, -0.2) is 24.3 Å². The van der Waals surface area contributed by atoms with Gasteiger partial charge < -0.3 is 0 Å². The summed E-state index contributed by atoms with van der Waals surface area (Å²) >= 11 is 0. The number of aryl methyl sites for hydroxylation is 1. The lowest BCUT2D eigenvalue weighted by molar-refractivity contribution is 0.390. The van der Waals surface area contributed by atoms with E-state index in [-0.39, 0.29) is 11.8 Å². The molecule has 1 saturated heterocycles. The summed E-state index contributed by atoms with van der Waals surface area (Å²) in [5.74, 6) is 0.0522. The van der Waals surface area contributed by atoms with Crippen LogP contribution in [0.2, 0.25) is 0 Å². The van der Waals surface area contributed by atoms with Gasteiger partial charge in [-0.1, -0.05) is 35.9 Å². The van der Waals surface area contributed by atoms with Gasteiger partial charge in [-0.2, -0.15) is 4.31 Å². The molecule has 3 rings (SSSR count). The van der Waals surface area contributed by atoms with Gasteiger partial charge in [-0.3, -0.25) is 4.98 Å². The predicted molar refractivity (Wildman–Crippen MR) is 86.7 cm³/mol. The number of aromatic nitrogens is 1. The van der Waals surface area contributed by atoms with Crippen LogP contribution in [-0.2, 0) is 15.8 Å². The molecule has 1 aromatic heterocycles. The van der Waals surface area contributed by atoms with Crippen molar-refractivity contribution in [2.75, 3.05) is 6.54 Å². The van der Waals surface area contributed by atoms with E-state index < -0.39 is 10.0 Å². The third-order valence-corrected chi connectivity index (χ3v) is 5.91. The van der Waals surface area contributed by atoms with Crippen LogP contribution in [0.4, 0.5) is 0 Å². The molecule has 1 atom stereocenters. The zero-order valence-electron chi connectivity index (χ0n) is 12.6. The Balaban J connectivity index is 1.83. The lowest BCUT2D eigenvalue weighted by atomic mass is 10.1. The molecule has 2 heterocycles. The van der Waals surface area contributed by atoms with Crippen molar-refractivity contribution >= 4 is 10.0 Å². The van der Waals surface area contributed by atoms with Crippen LogP contribution in [0, 0.1) is 6.92 Å². The average molecular weight is 316 g/mol. The van der Waals surface area contributed by atoms with Gasteiger partial charge in [-0.15, -0.1) is 0 Å². The first-order chi connectivity index (χ1) is 10.6. The van der Waals surface area contributed by atoms with E-state index in [2.05, 4.69) is 4.98 Å². The van der Waals surface area contributed by atoms with Gasteiger partial charge in [0.2, 0.25) is 10.0 Å². The molecule has 1 unspecified atom stereocenters. The highest BCUT2D eigenvalue weighted by Gasteiger charge is 2.35. The lowest BCUT2D eigenvalue weighted by Crippen LogP contribution is -2.32. The van der Waals surface area contributed by atoms with Gasteiger partial charge >= 0.3 is 0 Å². The maximum absolute atomic E-state index is 12.8. The molecule has 0 spiro atoms. The third-order valence-electron chi connectivity index (χ3n) is 4.06. The Morgan fingerprint density at radius 2 is 1.95 bits per heavy atom. The summed E-state index contributed by atoms with van der Waals surface area (Å²) in [5.41, 5.74) is 2.80. The van der Waals surface area contributed by atoms with E-state index in [1.54, 1.807) is 10.5 Å². The Labute approximate surface area is 131 Å². The van der Waals surface area contributed by atoms with Crippen molar-refractivity contribution in [3.63, 3.8) is 0 Å². The molecular weight excluding hydrogens is 296 g/mol. The summed E-state index contributed by atoms with van der Waals surface area (Å²) in [6, 6.07) is 13.2. The van der Waals surface area contributed by atoms with Crippen LogP contribution in [0.25, 0.3) is 0 Å². The smallest absolute Gasteiger partial charge is 0.218 e. The van der Waals surface area contributed by atoms with Gasteiger partial charge in [0.05, 0.1) is 17.5 Å². The van der Waals surface area contributed by atoms with Crippen molar-refractivity contribution in [2.24, 2.45) is 0 Å². The molecule has 0 bridgehead atoms. The van der Waals surface area contributed by atoms with Crippen LogP contribution in [0.3, 0.4) is 0 Å². The molecule has 0 N–H and O–H groups in total. The summed E-state index contributed by atoms with van der Waals surface area (Å²) in [6.45, 7) is 2.57. The number of pyridine rings is 1. The summed E-state index contributed by atoms with van der Waals surface area (Å²) in [4.78, 5) is 4.34. The molecule has 2 aromatic rings. The van der Waals surface area contributed by atoms with Gasteiger partial charge in [0, 0.05) is 12.7 Å². The van der Waals surface area contributed by atoms with Gasteiger partial charge in [0.25, 0.3) is 0 Å². The van der Waals surface area contributed by atoms with Crippen molar-refractivity contribution in [3.8, 4) is 0 Å². The summed E-state index contributed by atoms with van der Waals surface area (Å²) in [6.07, 6.45) is 3.44. The fourth-order valence-corrected chi connectivity index (χ4v) is 4.71. The number of rotatable bonds is 4. The zero-order chi connectivity index (χ0) is 15.6. The summed E-state index contributed by atoms with van der Waals surface area (Å²) in [7, 11) is -3.33. The molecule has 22 heavy (non-hydrogen) atoms. The number of hydrogen-bond donors (Lipinski definition) is 0. The Bertz CT molecular complexity index is 727. The second-order valence-electron chi connectivity index (χ2n) is 5.77. The molecule has 0 amide bonds. The van der Waals surface area contributed by atoms with Crippen molar-refractivity contribution in [1.82, 2.24) is 9.29 Å². The van der Waals surface area contributed by atoms with Gasteiger partial charge in [-0.05, 0) is 37.5 Å². The highest BCUT2D eigenvalue weighted by Crippen LogP contribution is 2.34. The van der Waals surface area contributed by atoms with E-state index >= 15 is 0 Å². The monoisotopic (exact) mass is 316 g/mol. The first-order valence-corrected chi connectivity index (χ1v) is 9.13. The second-order valence-corrected chi connectivity index (χ2v) is 7.69. The quantitative estimate of drug-likeness (QED) is 0.871. The van der Waals surface area contributed by atoms with Crippen molar-refractivity contribution in [3.05, 3.63) is 65.5 Å². The number of sulfonamides is 1. The zero-order valence-corrected chi connectivity index (χ0v) is 13.5. The minimum Gasteiger partial charge on any atom is -0.260 e. The summed E-state index contributed by atoms with van der Waals surface area (Å²) in [5, 5.41) is 0. The molecule has 4 nitrogen and oxygen atoms in total. The number of benzene rings is 1. The van der Waals surface area contributed by atoms with Gasteiger partial charge in [0.15, 0.2) is 0 Å². The van der Waals surface area contributed by atoms with Crippen molar-refractivity contribution in [1.29, 1.82) is 0 Å². The van der Waals surface area contributed by atoms with E-state index in [9.17, 15) is 8.42 Å². The van der Waals surface area contributed by atoms with Gasteiger partial charge in [0.1, 0.15) is 0 Å². The van der Waals surface area contributed by atoms with Crippen LogP contribution in [0.5, 0.6) is 0 Å². The summed E-state index contributed by atoms with van der Waals surface area (Å²) < 4.78 is 27.2. The fourth-order valence-electron chi connectivity index (χ4n) is 2.92. The first kappa shape index (κ1) is 15.2. The molecule has 0 aliphatic carbocycles. The third kappa shape index (κ3) is 3.20. The Kier molecular flexibility index (Phi) is 4.27. The normalized spacial score (nSPS) is 19.4. The molecule has 1 aromatic carbocycles. The Hall–Kier alpha value is -1.72. The number of hydrogen-bond acceptors (Lipinski definition) is 3. The number of nitrogens with zero attached hydrogens (tertiary/aromatic N) is 2. The maximum atomic E-state index is 12.8. The first-order valence-electron chi connectivity index (χ1n) is 7.52. The standard InChI is InChI=1S/C17H20N2O2S/c1-14-7-9-15(10-8-14)13-22(20,21)19-12-4-6-17(19)16-5-2-3-11-18-16/h2-3,5,7-11,17H,4,6,12-13H2,1H3. The molecule has 0 saturated carbocycles. The van der Waals surface area contributed by atoms with Crippen molar-refractivity contribution < 1.29 is 8.42 Å². The Morgan fingerprint density at radius 1 is 1.18 bits per heavy atom. The lowest BCUT2D eigenvalue weighted by Gasteiger charge is -2.23. The maximum Gasteiger partial charge on any atom is 0.218 e. The average Bonchev–Trinajstić information content (AvgIpc) is 3.01. The van der Waals surface area contributed by atoms with E-state index in [0.717, 1.165) is 29.7 Å². The minimum atomic E-state index is -3.33. The van der Waals surface area contributed by atoms with E-state index in [1.807, 2.05) is 49.4 Å². The van der Waals surface area contributed by atoms with Crippen LogP contribution >= 0.6 is 0 Å². The Morgan fingerprint density at radius 3 is 2.64 bits per heavy atom. The SMILES string of the molecule is Cc1ccc(CS(=O)(=O)N2CCCC2c2ccccn2)cc1. The minimum absolute atomic E-state index is 0.0522. The van der Waals surface area contributed by atoms with Crippen molar-refractivity contribution in [2.45, 2.75) is 31.6 Å². The molecule has 1 fully saturated rings. The van der Waals surface area contributed by atoms with E-state index in [1.165, 1.54) is 0 Å². The van der Waals surface area contributed by atoms with Crippen LogP contribution in [0.15, 0.2) is 48.7 Å². The van der Waals surface area contributed by atoms with Crippen LogP contribution < -0.4 is 0 Å². The fraction of sp³-hybridized carbons (Fsp3) is 0.353. The van der Waals surface area contributed by atoms with E-state index in [4.69, 9.17) is 0 Å². The highest BCUT2D eigenvalue weighted by molar-refractivity contribution is 7.88.